The van der Waals surface area contributed by atoms with Crippen LogP contribution in [0.4, 0.5) is 5.69 Å². The van der Waals surface area contributed by atoms with Crippen LogP contribution < -0.4 is 4.90 Å². The first-order valence-corrected chi connectivity index (χ1v) is 7.57. The molecule has 0 saturated heterocycles. The average Bonchev–Trinajstić information content (AvgIpc) is 2.55. The van der Waals surface area contributed by atoms with Crippen LogP contribution in [-0.2, 0) is 0 Å². The highest BCUT2D eigenvalue weighted by Gasteiger charge is 2.19. The van der Waals surface area contributed by atoms with Gasteiger partial charge in [-0.05, 0) is 50.6 Å². The number of aromatic nitrogens is 1. The van der Waals surface area contributed by atoms with Crippen LogP contribution in [0.15, 0.2) is 36.7 Å². The highest BCUT2D eigenvalue weighted by Crippen LogP contribution is 2.22. The highest BCUT2D eigenvalue weighted by atomic mass is 16.4. The molecule has 0 radical (unpaired) electrons. The Morgan fingerprint density at radius 3 is 2.35 bits per heavy atom. The molecule has 120 valence electrons. The summed E-state index contributed by atoms with van der Waals surface area (Å²) in [4.78, 5) is 30.0. The van der Waals surface area contributed by atoms with Crippen molar-refractivity contribution in [1.82, 2.24) is 4.98 Å². The van der Waals surface area contributed by atoms with Crippen molar-refractivity contribution < 1.29 is 14.7 Å². The minimum absolute atomic E-state index is 0.0304. The largest absolute Gasteiger partial charge is 0.478 e. The third-order valence-electron chi connectivity index (χ3n) is 3.88. The Balaban J connectivity index is 2.43. The van der Waals surface area contributed by atoms with E-state index in [0.29, 0.717) is 5.56 Å². The van der Waals surface area contributed by atoms with Crippen LogP contribution in [0.5, 0.6) is 0 Å². The zero-order valence-corrected chi connectivity index (χ0v) is 13.5. The second-order valence-corrected chi connectivity index (χ2v) is 5.23. The van der Waals surface area contributed by atoms with Gasteiger partial charge in [0, 0.05) is 36.7 Å². The van der Waals surface area contributed by atoms with Crippen molar-refractivity contribution in [2.45, 2.75) is 20.8 Å². The van der Waals surface area contributed by atoms with Gasteiger partial charge in [0.2, 0.25) is 0 Å². The summed E-state index contributed by atoms with van der Waals surface area (Å²) in [5, 5.41) is 9.22. The first-order chi connectivity index (χ1) is 11.0. The molecule has 0 aliphatic rings. The van der Waals surface area contributed by atoms with Gasteiger partial charge in [0.25, 0.3) is 0 Å². The summed E-state index contributed by atoms with van der Waals surface area (Å²) in [7, 11) is 0. The fourth-order valence-corrected chi connectivity index (χ4v) is 2.60. The first-order valence-electron chi connectivity index (χ1n) is 7.57. The van der Waals surface area contributed by atoms with Gasteiger partial charge in [-0.15, -0.1) is 0 Å². The van der Waals surface area contributed by atoms with E-state index in [2.05, 4.69) is 23.7 Å². The third kappa shape index (κ3) is 3.39. The molecule has 23 heavy (non-hydrogen) atoms. The van der Waals surface area contributed by atoms with Gasteiger partial charge < -0.3 is 10.0 Å². The lowest BCUT2D eigenvalue weighted by molar-refractivity contribution is 0.0692. The number of benzene rings is 1. The Kier molecular flexibility index (Phi) is 5.11. The maximum atomic E-state index is 12.7. The van der Waals surface area contributed by atoms with Crippen molar-refractivity contribution in [2.75, 3.05) is 18.0 Å². The summed E-state index contributed by atoms with van der Waals surface area (Å²) < 4.78 is 0. The molecule has 0 amide bonds. The minimum atomic E-state index is -1.13. The number of aromatic carboxylic acids is 1. The predicted octanol–water partition coefficient (Wildman–Crippen LogP) is 3.17. The molecule has 2 rings (SSSR count). The normalized spacial score (nSPS) is 10.4. The molecule has 0 unspecified atom stereocenters. The maximum absolute atomic E-state index is 12.7. The topological polar surface area (TPSA) is 70.5 Å². The zero-order chi connectivity index (χ0) is 17.0. The number of carboxylic acid groups (broad SMARTS) is 1. The smallest absolute Gasteiger partial charge is 0.336 e. The Bertz CT molecular complexity index is 737. The van der Waals surface area contributed by atoms with E-state index in [1.165, 1.54) is 18.5 Å². The molecule has 0 saturated carbocycles. The number of rotatable bonds is 6. The van der Waals surface area contributed by atoms with Crippen LogP contribution >= 0.6 is 0 Å². The lowest BCUT2D eigenvalue weighted by atomic mass is 9.96. The van der Waals surface area contributed by atoms with E-state index in [9.17, 15) is 14.7 Å². The summed E-state index contributed by atoms with van der Waals surface area (Å²) in [6.45, 7) is 7.78. The van der Waals surface area contributed by atoms with Crippen LogP contribution in [-0.4, -0.2) is 34.9 Å². The summed E-state index contributed by atoms with van der Waals surface area (Å²) in [6.07, 6.45) is 2.68. The lowest BCUT2D eigenvalue weighted by Gasteiger charge is -2.22. The van der Waals surface area contributed by atoms with E-state index < -0.39 is 5.97 Å². The molecular formula is C18H20N2O3. The average molecular weight is 312 g/mol. The third-order valence-corrected chi connectivity index (χ3v) is 3.88. The number of carbonyl (C=O) groups is 2. The van der Waals surface area contributed by atoms with Crippen LogP contribution in [0, 0.1) is 6.92 Å². The Hall–Kier alpha value is -2.69. The quantitative estimate of drug-likeness (QED) is 0.830. The van der Waals surface area contributed by atoms with E-state index >= 15 is 0 Å². The van der Waals surface area contributed by atoms with E-state index in [4.69, 9.17) is 0 Å². The van der Waals surface area contributed by atoms with Crippen molar-refractivity contribution >= 4 is 17.4 Å². The van der Waals surface area contributed by atoms with E-state index in [1.807, 2.05) is 19.1 Å². The van der Waals surface area contributed by atoms with Crippen LogP contribution in [0.2, 0.25) is 0 Å². The zero-order valence-electron chi connectivity index (χ0n) is 13.5. The van der Waals surface area contributed by atoms with Crippen molar-refractivity contribution in [1.29, 1.82) is 0 Å². The Morgan fingerprint density at radius 2 is 1.78 bits per heavy atom. The van der Waals surface area contributed by atoms with Crippen molar-refractivity contribution in [2.24, 2.45) is 0 Å². The summed E-state index contributed by atoms with van der Waals surface area (Å²) in [5.74, 6) is -1.45. The molecule has 0 bridgehead atoms. The number of carbonyl (C=O) groups excluding carboxylic acids is 1. The number of hydrogen-bond donors (Lipinski definition) is 1. The molecular weight excluding hydrogens is 292 g/mol. The Morgan fingerprint density at radius 1 is 1.09 bits per heavy atom. The highest BCUT2D eigenvalue weighted by molar-refractivity contribution is 6.14. The van der Waals surface area contributed by atoms with E-state index in [-0.39, 0.29) is 16.9 Å². The van der Waals surface area contributed by atoms with Crippen molar-refractivity contribution in [3.63, 3.8) is 0 Å². The van der Waals surface area contributed by atoms with Gasteiger partial charge in [-0.2, -0.15) is 0 Å². The number of hydrogen-bond acceptors (Lipinski definition) is 4. The van der Waals surface area contributed by atoms with Crippen LogP contribution in [0.25, 0.3) is 0 Å². The standard InChI is InChI=1S/C18H20N2O3/c1-4-20(5-2)13-6-7-14(12(3)10-13)17(21)16-11-19-9-8-15(16)18(22)23/h6-11H,4-5H2,1-3H3,(H,22,23). The second kappa shape index (κ2) is 7.05. The summed E-state index contributed by atoms with van der Waals surface area (Å²) >= 11 is 0. The van der Waals surface area contributed by atoms with Gasteiger partial charge in [-0.25, -0.2) is 4.79 Å². The lowest BCUT2D eigenvalue weighted by Crippen LogP contribution is -2.22. The summed E-state index contributed by atoms with van der Waals surface area (Å²) in [5.41, 5.74) is 2.45. The van der Waals surface area contributed by atoms with Gasteiger partial charge >= 0.3 is 5.97 Å². The number of ketones is 1. The molecule has 0 spiro atoms. The number of pyridine rings is 1. The molecule has 1 heterocycles. The van der Waals surface area contributed by atoms with Gasteiger partial charge in [-0.1, -0.05) is 0 Å². The molecule has 0 aliphatic heterocycles. The minimum Gasteiger partial charge on any atom is -0.478 e. The van der Waals surface area contributed by atoms with Crippen LogP contribution in [0.3, 0.4) is 0 Å². The molecule has 1 N–H and O–H groups in total. The van der Waals surface area contributed by atoms with Crippen molar-refractivity contribution in [3.05, 3.63) is 58.9 Å². The number of aryl methyl sites for hydroxylation is 1. The molecule has 1 aromatic carbocycles. The number of carboxylic acids is 1. The maximum Gasteiger partial charge on any atom is 0.336 e. The van der Waals surface area contributed by atoms with Gasteiger partial charge in [-0.3, -0.25) is 9.78 Å². The number of nitrogens with zero attached hydrogens (tertiary/aromatic N) is 2. The summed E-state index contributed by atoms with van der Waals surface area (Å²) in [6, 6.07) is 6.94. The van der Waals surface area contributed by atoms with Crippen LogP contribution in [0.1, 0.15) is 45.7 Å². The first kappa shape index (κ1) is 16.7. The predicted molar refractivity (Wildman–Crippen MR) is 89.4 cm³/mol. The van der Waals surface area contributed by atoms with E-state index in [0.717, 1.165) is 24.3 Å². The molecule has 1 aromatic heterocycles. The molecule has 0 aliphatic carbocycles. The van der Waals surface area contributed by atoms with E-state index in [1.54, 1.807) is 6.07 Å². The van der Waals surface area contributed by atoms with Gasteiger partial charge in [0.05, 0.1) is 11.1 Å². The monoisotopic (exact) mass is 312 g/mol. The molecule has 5 nitrogen and oxygen atoms in total. The molecule has 0 atom stereocenters. The van der Waals surface area contributed by atoms with Gasteiger partial charge in [0.1, 0.15) is 0 Å². The second-order valence-electron chi connectivity index (χ2n) is 5.23. The molecule has 5 heteroatoms. The fraction of sp³-hybridized carbons (Fsp3) is 0.278. The SMILES string of the molecule is CCN(CC)c1ccc(C(=O)c2cnccc2C(=O)O)c(C)c1. The van der Waals surface area contributed by atoms with Crippen molar-refractivity contribution in [3.8, 4) is 0 Å². The Labute approximate surface area is 135 Å². The number of anilines is 1. The molecule has 0 fully saturated rings. The van der Waals surface area contributed by atoms with Gasteiger partial charge in [0.15, 0.2) is 5.78 Å². The molecule has 2 aromatic rings. The fourth-order valence-electron chi connectivity index (χ4n) is 2.60.